The first-order valence-electron chi connectivity index (χ1n) is 7.14. The Bertz CT molecular complexity index is 752. The van der Waals surface area contributed by atoms with Crippen LogP contribution in [0.4, 0.5) is 13.2 Å². The second-order valence-electron chi connectivity index (χ2n) is 5.75. The number of aromatic nitrogens is 1. The number of alkyl halides is 2. The van der Waals surface area contributed by atoms with Crippen LogP contribution in [-0.4, -0.2) is 22.3 Å². The van der Waals surface area contributed by atoms with Crippen molar-refractivity contribution in [3.63, 3.8) is 0 Å². The Kier molecular flexibility index (Phi) is 3.79. The highest BCUT2D eigenvalue weighted by Gasteiger charge is 2.39. The minimum atomic E-state index is -3.14. The van der Waals surface area contributed by atoms with Crippen LogP contribution in [0.5, 0.6) is 0 Å². The molecule has 0 amide bonds. The van der Waals surface area contributed by atoms with Gasteiger partial charge in [0, 0.05) is 23.7 Å². The summed E-state index contributed by atoms with van der Waals surface area (Å²) in [6.07, 6.45) is 2.20. The first-order chi connectivity index (χ1) is 10.8. The largest absolute Gasteiger partial charge is 0.477 e. The van der Waals surface area contributed by atoms with Crippen LogP contribution >= 0.6 is 0 Å². The van der Waals surface area contributed by atoms with Crippen LogP contribution in [0.15, 0.2) is 16.8 Å². The Labute approximate surface area is 129 Å². The fraction of sp³-hybridized carbons (Fsp3) is 0.467. The minimum absolute atomic E-state index is 0.0898. The van der Waals surface area contributed by atoms with Crippen LogP contribution in [0.2, 0.25) is 0 Å². The molecule has 0 radical (unpaired) electrons. The van der Waals surface area contributed by atoms with Crippen LogP contribution in [0.1, 0.15) is 53.5 Å². The third-order valence-electron chi connectivity index (χ3n) is 4.17. The number of hydrogen-bond donors (Lipinski definition) is 1. The molecule has 0 bridgehead atoms. The summed E-state index contributed by atoms with van der Waals surface area (Å²) in [5.74, 6) is -3.22. The number of fused-ring (bicyclic) bond motifs is 1. The van der Waals surface area contributed by atoms with Gasteiger partial charge in [-0.3, -0.25) is 4.79 Å². The van der Waals surface area contributed by atoms with Gasteiger partial charge in [0.25, 0.3) is 0 Å². The third kappa shape index (κ3) is 2.67. The van der Waals surface area contributed by atoms with Crippen molar-refractivity contribution in [2.75, 3.05) is 0 Å². The summed E-state index contributed by atoms with van der Waals surface area (Å²) in [6.45, 7) is -1.75. The maximum Gasteiger partial charge on any atom is 0.345 e. The molecule has 1 aromatic heterocycles. The molecule has 23 heavy (non-hydrogen) atoms. The lowest BCUT2D eigenvalue weighted by Gasteiger charge is -2.31. The molecule has 0 spiro atoms. The highest BCUT2D eigenvalue weighted by Crippen LogP contribution is 2.44. The highest BCUT2D eigenvalue weighted by atomic mass is 19.3. The number of ether oxygens (including phenoxy) is 1. The Morgan fingerprint density at radius 2 is 2.09 bits per heavy atom. The standard InChI is InChI=1S/C15H14F3NO4/c1-6-10(16)4-8-11(13(6)23-15(17)18)19(7-2-3-7)5-9(12(8)20)14(21)22/h4-7,13,15H,2-3H2,1H3,(H,21,22). The number of carboxylic acids is 1. The van der Waals surface area contributed by atoms with Gasteiger partial charge >= 0.3 is 12.6 Å². The molecule has 1 fully saturated rings. The van der Waals surface area contributed by atoms with E-state index in [-0.39, 0.29) is 17.3 Å². The second kappa shape index (κ2) is 5.52. The van der Waals surface area contributed by atoms with Gasteiger partial charge in [-0.05, 0) is 18.9 Å². The summed E-state index contributed by atoms with van der Waals surface area (Å²) in [5.41, 5.74) is -1.51. The molecule has 0 saturated heterocycles. The fourth-order valence-corrected chi connectivity index (χ4v) is 2.86. The first kappa shape index (κ1) is 15.8. The Hall–Kier alpha value is -2.09. The summed E-state index contributed by atoms with van der Waals surface area (Å²) in [5, 5.41) is 9.14. The molecule has 1 aromatic rings. The number of carboxylic acid groups (broad SMARTS) is 1. The molecule has 2 unspecified atom stereocenters. The normalized spacial score (nSPS) is 23.6. The van der Waals surface area contributed by atoms with Gasteiger partial charge in [-0.15, -0.1) is 0 Å². The molecule has 0 aliphatic heterocycles. The van der Waals surface area contributed by atoms with Crippen LogP contribution in [0.3, 0.4) is 0 Å². The summed E-state index contributed by atoms with van der Waals surface area (Å²) in [4.78, 5) is 23.5. The number of hydrogen-bond acceptors (Lipinski definition) is 3. The predicted octanol–water partition coefficient (Wildman–Crippen LogP) is 3.12. The maximum atomic E-state index is 14.1. The van der Waals surface area contributed by atoms with E-state index < -0.39 is 41.4 Å². The van der Waals surface area contributed by atoms with Gasteiger partial charge < -0.3 is 14.4 Å². The van der Waals surface area contributed by atoms with Gasteiger partial charge in [0.1, 0.15) is 17.5 Å². The van der Waals surface area contributed by atoms with Gasteiger partial charge in [0.05, 0.1) is 5.69 Å². The lowest BCUT2D eigenvalue weighted by Crippen LogP contribution is -2.31. The number of rotatable bonds is 4. The van der Waals surface area contributed by atoms with Crippen molar-refractivity contribution in [3.8, 4) is 0 Å². The maximum absolute atomic E-state index is 14.1. The van der Waals surface area contributed by atoms with Crippen molar-refractivity contribution >= 4 is 12.0 Å². The van der Waals surface area contributed by atoms with E-state index in [9.17, 15) is 22.8 Å². The predicted molar refractivity (Wildman–Crippen MR) is 74.0 cm³/mol. The molecule has 2 atom stereocenters. The van der Waals surface area contributed by atoms with E-state index in [1.807, 2.05) is 0 Å². The van der Waals surface area contributed by atoms with Crippen molar-refractivity contribution in [2.24, 2.45) is 5.92 Å². The average molecular weight is 329 g/mol. The summed E-state index contributed by atoms with van der Waals surface area (Å²) in [7, 11) is 0. The van der Waals surface area contributed by atoms with Crippen LogP contribution in [0, 0.1) is 5.92 Å². The SMILES string of the molecule is CC1C(F)=Cc2c(n(C3CC3)cc(C(=O)O)c2=O)C1OC(F)F. The summed E-state index contributed by atoms with van der Waals surface area (Å²) < 4.78 is 45.5. The minimum Gasteiger partial charge on any atom is -0.477 e. The molecule has 124 valence electrons. The smallest absolute Gasteiger partial charge is 0.345 e. The Balaban J connectivity index is 2.28. The van der Waals surface area contributed by atoms with E-state index in [4.69, 9.17) is 5.11 Å². The number of carbonyl (C=O) groups is 1. The molecule has 1 heterocycles. The number of nitrogens with zero attached hydrogens (tertiary/aromatic N) is 1. The van der Waals surface area contributed by atoms with E-state index in [2.05, 4.69) is 4.74 Å². The lowest BCUT2D eigenvalue weighted by atomic mass is 9.89. The van der Waals surface area contributed by atoms with Crippen molar-refractivity contribution in [2.45, 2.75) is 38.5 Å². The van der Waals surface area contributed by atoms with Gasteiger partial charge in [-0.1, -0.05) is 6.92 Å². The van der Waals surface area contributed by atoms with Crippen LogP contribution in [0.25, 0.3) is 6.08 Å². The molecule has 8 heteroatoms. The van der Waals surface area contributed by atoms with E-state index in [1.165, 1.54) is 11.5 Å². The zero-order chi connectivity index (χ0) is 16.9. The average Bonchev–Trinajstić information content (AvgIpc) is 3.28. The molecule has 0 aromatic carbocycles. The van der Waals surface area contributed by atoms with Gasteiger partial charge in [0.2, 0.25) is 5.43 Å². The molecule has 2 aliphatic carbocycles. The molecular weight excluding hydrogens is 315 g/mol. The Morgan fingerprint density at radius 1 is 1.43 bits per heavy atom. The number of halogens is 3. The van der Waals surface area contributed by atoms with Gasteiger partial charge in [0.15, 0.2) is 0 Å². The summed E-state index contributed by atoms with van der Waals surface area (Å²) >= 11 is 0. The molecule has 2 aliphatic rings. The third-order valence-corrected chi connectivity index (χ3v) is 4.17. The van der Waals surface area contributed by atoms with E-state index in [1.54, 1.807) is 0 Å². The van der Waals surface area contributed by atoms with Gasteiger partial charge in [-0.2, -0.15) is 8.78 Å². The quantitative estimate of drug-likeness (QED) is 0.921. The van der Waals surface area contributed by atoms with Crippen LogP contribution in [-0.2, 0) is 4.74 Å². The number of pyridine rings is 1. The zero-order valence-corrected chi connectivity index (χ0v) is 12.1. The molecular formula is C15H14F3NO4. The first-order valence-corrected chi connectivity index (χ1v) is 7.14. The number of aromatic carboxylic acids is 1. The van der Waals surface area contributed by atoms with Gasteiger partial charge in [-0.25, -0.2) is 9.18 Å². The van der Waals surface area contributed by atoms with Crippen molar-refractivity contribution < 1.29 is 27.8 Å². The van der Waals surface area contributed by atoms with E-state index in [0.717, 1.165) is 25.1 Å². The molecule has 1 N–H and O–H groups in total. The van der Waals surface area contributed by atoms with E-state index >= 15 is 0 Å². The van der Waals surface area contributed by atoms with Crippen molar-refractivity contribution in [3.05, 3.63) is 39.1 Å². The monoisotopic (exact) mass is 329 g/mol. The van der Waals surface area contributed by atoms with E-state index in [0.29, 0.717) is 0 Å². The van der Waals surface area contributed by atoms with Crippen molar-refractivity contribution in [1.29, 1.82) is 0 Å². The topological polar surface area (TPSA) is 68.5 Å². The Morgan fingerprint density at radius 3 is 2.61 bits per heavy atom. The van der Waals surface area contributed by atoms with Crippen molar-refractivity contribution in [1.82, 2.24) is 4.57 Å². The summed E-state index contributed by atoms with van der Waals surface area (Å²) in [6, 6.07) is -0.0898. The zero-order valence-electron chi connectivity index (χ0n) is 12.1. The highest BCUT2D eigenvalue weighted by molar-refractivity contribution is 5.88. The molecule has 3 rings (SSSR count). The fourth-order valence-electron chi connectivity index (χ4n) is 2.86. The van der Waals surface area contributed by atoms with Crippen LogP contribution < -0.4 is 5.43 Å². The lowest BCUT2D eigenvalue weighted by molar-refractivity contribution is -0.177. The second-order valence-corrected chi connectivity index (χ2v) is 5.75. The molecule has 5 nitrogen and oxygen atoms in total. The molecule has 1 saturated carbocycles.